The van der Waals surface area contributed by atoms with E-state index in [-0.39, 0.29) is 0 Å². The van der Waals surface area contributed by atoms with Crippen molar-refractivity contribution in [1.82, 2.24) is 4.57 Å². The molecule has 1 heterocycles. The largest absolute Gasteiger partial charge is 0.480 e. The molecule has 31 heavy (non-hydrogen) atoms. The molecular weight excluding hydrogens is 476 g/mol. The predicted octanol–water partition coefficient (Wildman–Crippen LogP) is 4.43. The van der Waals surface area contributed by atoms with Crippen molar-refractivity contribution < 1.29 is 47.7 Å². The normalized spacial score (nSPS) is 13.1. The lowest BCUT2D eigenvalue weighted by Crippen LogP contribution is -2.30. The summed E-state index contributed by atoms with van der Waals surface area (Å²) in [6.45, 7) is 5.64. The van der Waals surface area contributed by atoms with Crippen LogP contribution in [0.2, 0.25) is 0 Å². The highest BCUT2D eigenvalue weighted by molar-refractivity contribution is 8.13. The summed E-state index contributed by atoms with van der Waals surface area (Å²) >= 11 is 0. The molecule has 1 aromatic heterocycles. The minimum Gasteiger partial charge on any atom is -0.421 e. The van der Waals surface area contributed by atoms with Gasteiger partial charge >= 0.3 is 11.0 Å². The van der Waals surface area contributed by atoms with Crippen LogP contribution in [0.4, 0.5) is 26.3 Å². The van der Waals surface area contributed by atoms with Gasteiger partial charge in [0, 0.05) is 6.92 Å². The van der Waals surface area contributed by atoms with Gasteiger partial charge in [-0.25, -0.2) is 26.0 Å². The number of sulfonamides is 2. The van der Waals surface area contributed by atoms with E-state index in [1.54, 1.807) is 0 Å². The van der Waals surface area contributed by atoms with Crippen LogP contribution >= 0.6 is 0 Å². The Labute approximate surface area is 178 Å². The van der Waals surface area contributed by atoms with Crippen molar-refractivity contribution in [3.05, 3.63) is 22.3 Å². The van der Waals surface area contributed by atoms with Crippen LogP contribution in [0.15, 0.2) is 12.4 Å². The van der Waals surface area contributed by atoms with E-state index in [9.17, 15) is 43.2 Å². The second kappa shape index (κ2) is 12.0. The summed E-state index contributed by atoms with van der Waals surface area (Å²) in [5.74, 6) is 1.35. The highest BCUT2D eigenvalue weighted by Gasteiger charge is 2.46. The molecule has 0 radical (unpaired) electrons. The molecule has 0 saturated heterocycles. The molecule has 7 nitrogen and oxygen atoms in total. The number of hydrogen-bond acceptors (Lipinski definition) is 4. The third-order valence-corrected chi connectivity index (χ3v) is 6.92. The number of unbranched alkanes of at least 4 members (excludes halogenated alkanes) is 6. The van der Waals surface area contributed by atoms with Gasteiger partial charge in [0.2, 0.25) is 0 Å². The zero-order valence-corrected chi connectivity index (χ0v) is 19.0. The second-order valence-corrected chi connectivity index (χ2v) is 10.1. The summed E-state index contributed by atoms with van der Waals surface area (Å²) in [6.07, 6.45) is 14.0. The monoisotopic (exact) mass is 503 g/mol. The number of hydrogen-bond donors (Lipinski definition) is 0. The number of aryl methyl sites for hydroxylation is 2. The maximum atomic E-state index is 11.4. The Kier molecular flexibility index (Phi) is 11.5. The second-order valence-electron chi connectivity index (χ2n) is 6.69. The van der Waals surface area contributed by atoms with Gasteiger partial charge in [-0.15, -0.1) is 0 Å². The van der Waals surface area contributed by atoms with Crippen LogP contribution in [0, 0.1) is 6.92 Å². The Bertz CT molecular complexity index is 836. The van der Waals surface area contributed by atoms with Crippen molar-refractivity contribution in [2.75, 3.05) is 0 Å². The molecule has 0 aliphatic rings. The van der Waals surface area contributed by atoms with E-state index in [1.807, 2.05) is 0 Å². The van der Waals surface area contributed by atoms with Gasteiger partial charge in [-0.3, -0.25) is 0 Å². The van der Waals surface area contributed by atoms with Crippen molar-refractivity contribution in [2.24, 2.45) is 7.05 Å². The number of imidazole rings is 1. The molecule has 0 amide bonds. The van der Waals surface area contributed by atoms with Crippen LogP contribution in [-0.4, -0.2) is 32.4 Å². The fraction of sp³-hybridized carbons (Fsp3) is 0.812. The van der Waals surface area contributed by atoms with Crippen molar-refractivity contribution in [3.8, 4) is 0 Å². The first-order valence-electron chi connectivity index (χ1n) is 9.34. The van der Waals surface area contributed by atoms with Crippen molar-refractivity contribution in [1.29, 1.82) is 0 Å². The molecule has 0 unspecified atom stereocenters. The quantitative estimate of drug-likeness (QED) is 0.268. The first-order chi connectivity index (χ1) is 14.0. The molecule has 0 fully saturated rings. The minimum atomic E-state index is -6.72. The van der Waals surface area contributed by atoms with Crippen LogP contribution in [0.3, 0.4) is 0 Å². The zero-order chi connectivity index (χ0) is 24.5. The van der Waals surface area contributed by atoms with E-state index < -0.39 is 31.1 Å². The van der Waals surface area contributed by atoms with Crippen LogP contribution < -0.4 is 4.57 Å². The molecule has 0 spiro atoms. The topological polar surface area (TPSA) is 91.2 Å². The SMILES string of the molecule is CCCCCCCCCn1cc[n+](C)c1C.O=S(=O)([N-]S(=O)(=O)C(F)(F)F)C(F)(F)F. The Balaban J connectivity index is 0.000000582. The minimum absolute atomic E-state index is 0.778. The maximum Gasteiger partial charge on any atom is 0.480 e. The standard InChI is InChI=1S/C14H27N2.C2F6NO4S2/c1-4-5-6-7-8-9-10-11-16-13-12-15(3)14(16)2;3-1(4,5)14(10,11)9-15(12,13)2(6,7)8/h12-13H,4-11H2,1-3H3;/q+1;-1. The lowest BCUT2D eigenvalue weighted by molar-refractivity contribution is -0.677. The summed E-state index contributed by atoms with van der Waals surface area (Å²) < 4.78 is 114. The number of rotatable bonds is 10. The molecule has 15 heteroatoms. The van der Waals surface area contributed by atoms with Gasteiger partial charge in [-0.05, 0) is 12.8 Å². The molecule has 0 saturated carbocycles. The van der Waals surface area contributed by atoms with Gasteiger partial charge in [-0.2, -0.15) is 26.3 Å². The third kappa shape index (κ3) is 10.2. The first-order valence-corrected chi connectivity index (χ1v) is 12.2. The van der Waals surface area contributed by atoms with Crippen LogP contribution in [-0.2, 0) is 33.6 Å². The van der Waals surface area contributed by atoms with E-state index in [2.05, 4.69) is 42.4 Å². The first kappa shape index (κ1) is 29.7. The van der Waals surface area contributed by atoms with E-state index in [1.165, 1.54) is 57.3 Å². The predicted molar refractivity (Wildman–Crippen MR) is 102 cm³/mol. The van der Waals surface area contributed by atoms with E-state index in [4.69, 9.17) is 0 Å². The van der Waals surface area contributed by atoms with Crippen LogP contribution in [0.5, 0.6) is 0 Å². The summed E-state index contributed by atoms with van der Waals surface area (Å²) in [6, 6.07) is 0. The Morgan fingerprint density at radius 2 is 1.29 bits per heavy atom. The van der Waals surface area contributed by atoms with Gasteiger partial charge in [0.1, 0.15) is 12.4 Å². The number of halogens is 6. The molecule has 0 aliphatic heterocycles. The van der Waals surface area contributed by atoms with Gasteiger partial charge < -0.3 is 4.13 Å². The van der Waals surface area contributed by atoms with E-state index in [0.29, 0.717) is 0 Å². The Morgan fingerprint density at radius 3 is 1.65 bits per heavy atom. The Hall–Kier alpha value is -1.35. The van der Waals surface area contributed by atoms with Crippen molar-refractivity contribution in [2.45, 2.75) is 76.4 Å². The molecule has 0 aromatic carbocycles. The molecule has 184 valence electrons. The van der Waals surface area contributed by atoms with Gasteiger partial charge in [0.25, 0.3) is 5.82 Å². The van der Waals surface area contributed by atoms with Crippen molar-refractivity contribution in [3.63, 3.8) is 0 Å². The average molecular weight is 504 g/mol. The highest BCUT2D eigenvalue weighted by atomic mass is 32.3. The molecule has 0 bridgehead atoms. The highest BCUT2D eigenvalue weighted by Crippen LogP contribution is 2.36. The molecule has 0 N–H and O–H groups in total. The Morgan fingerprint density at radius 1 is 0.871 bits per heavy atom. The van der Waals surface area contributed by atoms with Crippen LogP contribution in [0.1, 0.15) is 57.7 Å². The fourth-order valence-corrected chi connectivity index (χ4v) is 4.00. The van der Waals surface area contributed by atoms with E-state index >= 15 is 0 Å². The summed E-state index contributed by atoms with van der Waals surface area (Å²) in [4.78, 5) is 0. The van der Waals surface area contributed by atoms with Crippen molar-refractivity contribution >= 4 is 20.0 Å². The summed E-state index contributed by atoms with van der Waals surface area (Å²) in [5, 5.41) is 0. The average Bonchev–Trinajstić information content (AvgIpc) is 2.91. The molecular formula is C16H27F6N3O4S2. The van der Waals surface area contributed by atoms with Gasteiger partial charge in [0.05, 0.1) is 13.6 Å². The fourth-order valence-electron chi connectivity index (χ4n) is 2.29. The maximum absolute atomic E-state index is 11.4. The lowest BCUT2D eigenvalue weighted by Gasteiger charge is -2.22. The summed E-state index contributed by atoms with van der Waals surface area (Å²) in [7, 11) is -11.3. The number of alkyl halides is 6. The number of aromatic nitrogens is 2. The molecule has 0 atom stereocenters. The number of nitrogens with zero attached hydrogens (tertiary/aromatic N) is 3. The molecule has 1 rings (SSSR count). The van der Waals surface area contributed by atoms with Gasteiger partial charge in [-0.1, -0.05) is 39.0 Å². The lowest BCUT2D eigenvalue weighted by atomic mass is 10.1. The third-order valence-electron chi connectivity index (χ3n) is 4.18. The molecule has 1 aromatic rings. The smallest absolute Gasteiger partial charge is 0.421 e. The van der Waals surface area contributed by atoms with E-state index in [0.717, 1.165) is 4.13 Å². The summed E-state index contributed by atoms with van der Waals surface area (Å²) in [5.41, 5.74) is -12.4. The zero-order valence-electron chi connectivity index (χ0n) is 17.4. The van der Waals surface area contributed by atoms with Gasteiger partial charge in [0.15, 0.2) is 20.0 Å². The van der Waals surface area contributed by atoms with Crippen LogP contribution in [0.25, 0.3) is 4.13 Å². The molecule has 0 aliphatic carbocycles.